The second-order valence-corrected chi connectivity index (χ2v) is 17.1. The zero-order chi connectivity index (χ0) is 46.9. The molecule has 3 heterocycles. The van der Waals surface area contributed by atoms with E-state index >= 15 is 0 Å². The summed E-state index contributed by atoms with van der Waals surface area (Å²) in [7, 11) is -16.8. The standard InChI is InChI=1S/C10H15N4O15P3.4C6H15N/c15-5-3(1-26-31(22,23)29-32(24,25)28-30(19,20)21)27-9(6(5)16)14-2-11-4-7(14)12-10(18)13-8(4)17;4*1-4-7(5-2)6-3/h2-3,5-6,9,15-16H,1H2,(H,22,23)(H,24,25)(H2,19,20,21)(H2,12,13,17,18);4*4-6H2,1-3H3/t3-,5-,6-,9-;;;;/m1..../s1. The Hall–Kier alpha value is -1.72. The maximum Gasteiger partial charge on any atom is 0.490 e. The molecule has 1 fully saturated rings. The predicted octanol–water partition coefficient (Wildman–Crippen LogP) is 2.77. The Kier molecular flexibility index (Phi) is 31.4. The molecule has 0 spiro atoms. The molecule has 1 aliphatic rings. The van der Waals surface area contributed by atoms with Crippen LogP contribution in [0.1, 0.15) is 89.3 Å². The number of fused-ring (bicyclic) bond motifs is 1. The number of aromatic nitrogens is 4. The van der Waals surface area contributed by atoms with E-state index in [4.69, 9.17) is 19.4 Å². The molecular formula is C34H75N8O15P3. The van der Waals surface area contributed by atoms with Crippen molar-refractivity contribution in [2.45, 2.75) is 108 Å². The second kappa shape index (κ2) is 31.2. The molecule has 1 saturated heterocycles. The van der Waals surface area contributed by atoms with Crippen molar-refractivity contribution in [3.8, 4) is 0 Å². The summed E-state index contributed by atoms with van der Waals surface area (Å²) in [6, 6.07) is 0. The summed E-state index contributed by atoms with van der Waals surface area (Å²) in [5, 5.41) is 20.3. The Labute approximate surface area is 354 Å². The lowest BCUT2D eigenvalue weighted by atomic mass is 10.1. The van der Waals surface area contributed by atoms with Crippen LogP contribution in [0.3, 0.4) is 0 Å². The Morgan fingerprint density at radius 1 is 0.633 bits per heavy atom. The minimum absolute atomic E-state index is 0.177. The van der Waals surface area contributed by atoms with Crippen LogP contribution < -0.4 is 11.2 Å². The van der Waals surface area contributed by atoms with Crippen LogP contribution in [0.4, 0.5) is 0 Å². The predicted molar refractivity (Wildman–Crippen MR) is 231 cm³/mol. The van der Waals surface area contributed by atoms with Gasteiger partial charge in [0.2, 0.25) is 0 Å². The van der Waals surface area contributed by atoms with Crippen molar-refractivity contribution in [2.24, 2.45) is 0 Å². The highest BCUT2D eigenvalue weighted by Crippen LogP contribution is 2.66. The molecule has 0 aromatic carbocycles. The third-order valence-electron chi connectivity index (χ3n) is 9.26. The average Bonchev–Trinajstić information content (AvgIpc) is 3.72. The van der Waals surface area contributed by atoms with Crippen LogP contribution in [0, 0.1) is 0 Å². The summed E-state index contributed by atoms with van der Waals surface area (Å²) >= 11 is 0. The molecule has 2 aromatic rings. The summed E-state index contributed by atoms with van der Waals surface area (Å²) in [6.45, 7) is 39.5. The van der Waals surface area contributed by atoms with Crippen LogP contribution in [-0.4, -0.2) is 172 Å². The van der Waals surface area contributed by atoms with Crippen LogP contribution in [0.15, 0.2) is 15.9 Å². The molecule has 60 heavy (non-hydrogen) atoms. The van der Waals surface area contributed by atoms with Crippen LogP contribution >= 0.6 is 23.5 Å². The van der Waals surface area contributed by atoms with E-state index in [-0.39, 0.29) is 11.2 Å². The first-order valence-corrected chi connectivity index (χ1v) is 24.9. The van der Waals surface area contributed by atoms with Gasteiger partial charge in [-0.3, -0.25) is 23.9 Å². The number of phosphoric ester groups is 1. The Morgan fingerprint density at radius 3 is 1.35 bits per heavy atom. The third kappa shape index (κ3) is 23.6. The van der Waals surface area contributed by atoms with Gasteiger partial charge < -0.3 is 54.1 Å². The quantitative estimate of drug-likeness (QED) is 0.0885. The van der Waals surface area contributed by atoms with Gasteiger partial charge in [-0.05, 0) is 78.5 Å². The fourth-order valence-electron chi connectivity index (χ4n) is 5.40. The molecule has 0 amide bonds. The van der Waals surface area contributed by atoms with Crippen molar-refractivity contribution in [1.29, 1.82) is 0 Å². The van der Waals surface area contributed by atoms with Gasteiger partial charge in [0.25, 0.3) is 5.56 Å². The summed E-state index contributed by atoms with van der Waals surface area (Å²) in [5.74, 6) is 0. The molecule has 0 aliphatic carbocycles. The van der Waals surface area contributed by atoms with Gasteiger partial charge in [0.1, 0.15) is 24.0 Å². The van der Waals surface area contributed by atoms with Gasteiger partial charge >= 0.3 is 29.2 Å². The van der Waals surface area contributed by atoms with E-state index in [1.165, 1.54) is 78.5 Å². The monoisotopic (exact) mass is 928 g/mol. The van der Waals surface area contributed by atoms with E-state index in [0.29, 0.717) is 0 Å². The Morgan fingerprint density at radius 2 is 1.02 bits per heavy atom. The van der Waals surface area contributed by atoms with Crippen molar-refractivity contribution < 1.29 is 61.4 Å². The van der Waals surface area contributed by atoms with Gasteiger partial charge in [0, 0.05) is 0 Å². The van der Waals surface area contributed by atoms with E-state index in [1.54, 1.807) is 0 Å². The average molecular weight is 929 g/mol. The van der Waals surface area contributed by atoms with E-state index in [0.717, 1.165) is 10.9 Å². The molecule has 356 valence electrons. The fourth-order valence-corrected chi connectivity index (χ4v) is 8.43. The van der Waals surface area contributed by atoms with Crippen molar-refractivity contribution in [1.82, 2.24) is 39.1 Å². The number of nitrogens with zero attached hydrogens (tertiary/aromatic N) is 6. The van der Waals surface area contributed by atoms with Gasteiger partial charge in [-0.1, -0.05) is 83.1 Å². The molecular weight excluding hydrogens is 853 g/mol. The number of rotatable bonds is 20. The van der Waals surface area contributed by atoms with Crippen molar-refractivity contribution in [2.75, 3.05) is 85.1 Å². The number of imidazole rings is 1. The largest absolute Gasteiger partial charge is 0.490 e. The number of aliphatic hydroxyl groups excluding tert-OH is 2. The molecule has 26 heteroatoms. The highest BCUT2D eigenvalue weighted by atomic mass is 31.3. The number of aromatic amines is 2. The number of hydrogen-bond acceptors (Lipinski definition) is 16. The minimum atomic E-state index is -5.75. The van der Waals surface area contributed by atoms with Gasteiger partial charge in [0.05, 0.1) is 12.9 Å². The van der Waals surface area contributed by atoms with Gasteiger partial charge in [-0.2, -0.15) is 8.62 Å². The summed E-state index contributed by atoms with van der Waals surface area (Å²) in [4.78, 5) is 76.2. The number of nitrogens with one attached hydrogen (secondary N) is 2. The normalized spacial score (nSPS) is 19.7. The number of ether oxygens (including phenoxy) is 1. The number of hydrogen-bond donors (Lipinski definition) is 8. The van der Waals surface area contributed by atoms with Gasteiger partial charge in [-0.15, -0.1) is 0 Å². The molecule has 3 rings (SSSR count). The molecule has 6 atom stereocenters. The van der Waals surface area contributed by atoms with E-state index in [2.05, 4.69) is 126 Å². The van der Waals surface area contributed by atoms with Crippen molar-refractivity contribution in [3.05, 3.63) is 27.2 Å². The first kappa shape index (κ1) is 60.4. The lowest BCUT2D eigenvalue weighted by molar-refractivity contribution is -0.0503. The zero-order valence-electron chi connectivity index (χ0n) is 37.5. The topological polar surface area (TPSA) is 306 Å². The smallest absolute Gasteiger partial charge is 0.387 e. The number of phosphoric acid groups is 3. The molecule has 0 radical (unpaired) electrons. The minimum Gasteiger partial charge on any atom is -0.387 e. The van der Waals surface area contributed by atoms with Gasteiger partial charge in [-0.25, -0.2) is 23.5 Å². The summed E-state index contributed by atoms with van der Waals surface area (Å²) in [5.41, 5.74) is -2.16. The molecule has 8 N–H and O–H groups in total. The third-order valence-corrected chi connectivity index (χ3v) is 13.1. The van der Waals surface area contributed by atoms with Crippen LogP contribution in [0.25, 0.3) is 11.2 Å². The summed E-state index contributed by atoms with van der Waals surface area (Å²) < 4.78 is 51.4. The Bertz CT molecular complexity index is 1610. The Balaban J connectivity index is 0. The molecule has 2 unspecified atom stereocenters. The lowest BCUT2D eigenvalue weighted by Gasteiger charge is -2.19. The highest BCUT2D eigenvalue weighted by molar-refractivity contribution is 7.66. The van der Waals surface area contributed by atoms with E-state index < -0.39 is 65.9 Å². The van der Waals surface area contributed by atoms with Crippen molar-refractivity contribution in [3.63, 3.8) is 0 Å². The number of H-pyrrole nitrogens is 2. The van der Waals surface area contributed by atoms with E-state index in [9.17, 15) is 38.4 Å². The SMILES string of the molecule is CCN(CC)CC.CCN(CC)CC.CCN(CC)CC.CCN(CC)CC.O=c1[nH]c(=O)c2ncn([C@@H]3O[C@H](COP(=O)(O)OP(=O)(O)OP(=O)(O)O)[C@@H](O)[C@H]3O)c2[nH]1. The molecule has 0 bridgehead atoms. The fraction of sp³-hybridized carbons (Fsp3) is 0.853. The van der Waals surface area contributed by atoms with Crippen LogP contribution in [-0.2, 0) is 31.6 Å². The zero-order valence-corrected chi connectivity index (χ0v) is 40.1. The maximum absolute atomic E-state index is 11.8. The highest BCUT2D eigenvalue weighted by Gasteiger charge is 2.47. The molecule has 2 aromatic heterocycles. The summed E-state index contributed by atoms with van der Waals surface area (Å²) in [6.07, 6.45) is -5.54. The van der Waals surface area contributed by atoms with E-state index in [1.807, 2.05) is 4.98 Å². The maximum atomic E-state index is 11.8. The number of aliphatic hydroxyl groups is 2. The first-order valence-electron chi connectivity index (χ1n) is 20.4. The van der Waals surface area contributed by atoms with Gasteiger partial charge in [0.15, 0.2) is 11.7 Å². The van der Waals surface area contributed by atoms with Crippen LogP contribution in [0.2, 0.25) is 0 Å². The first-order chi connectivity index (χ1) is 28.0. The molecule has 1 aliphatic heterocycles. The second-order valence-electron chi connectivity index (χ2n) is 12.7. The lowest BCUT2D eigenvalue weighted by Crippen LogP contribution is -2.33. The molecule has 0 saturated carbocycles. The van der Waals surface area contributed by atoms with Crippen molar-refractivity contribution >= 4 is 34.6 Å². The molecule has 23 nitrogen and oxygen atoms in total. The van der Waals surface area contributed by atoms with Crippen LogP contribution in [0.5, 0.6) is 0 Å².